The predicted octanol–water partition coefficient (Wildman–Crippen LogP) is 2.45. The van der Waals surface area contributed by atoms with Gasteiger partial charge in [-0.2, -0.15) is 0 Å². The summed E-state index contributed by atoms with van der Waals surface area (Å²) in [6.07, 6.45) is 0. The van der Waals surface area contributed by atoms with Crippen LogP contribution in [0.5, 0.6) is 0 Å². The van der Waals surface area contributed by atoms with Gasteiger partial charge in [-0.25, -0.2) is 13.6 Å². The molecule has 14 heavy (non-hydrogen) atoms. The zero-order valence-corrected chi connectivity index (χ0v) is 10.8. The van der Waals surface area contributed by atoms with Gasteiger partial charge in [-0.3, -0.25) is 0 Å². The highest BCUT2D eigenvalue weighted by atomic mass is 127. The Hall–Kier alpha value is -0.190. The molecular formula is C7H3F2I2NO2. The van der Waals surface area contributed by atoms with E-state index in [1.807, 2.05) is 0 Å². The average Bonchev–Trinajstić information content (AvgIpc) is 2.11. The van der Waals surface area contributed by atoms with Gasteiger partial charge in [0.15, 0.2) is 11.6 Å². The molecule has 1 rings (SSSR count). The Morgan fingerprint density at radius 2 is 1.57 bits per heavy atom. The molecule has 0 heterocycles. The van der Waals surface area contributed by atoms with Gasteiger partial charge in [0.05, 0.1) is 12.7 Å². The minimum Gasteiger partial charge on any atom is -0.478 e. The summed E-state index contributed by atoms with van der Waals surface area (Å²) in [6, 6.07) is 0. The van der Waals surface area contributed by atoms with Crippen molar-refractivity contribution in [2.75, 3.05) is 5.73 Å². The Labute approximate surface area is 105 Å². The maximum atomic E-state index is 13.2. The van der Waals surface area contributed by atoms with Crippen LogP contribution in [0.2, 0.25) is 0 Å². The van der Waals surface area contributed by atoms with Crippen LogP contribution in [0, 0.1) is 18.8 Å². The largest absolute Gasteiger partial charge is 0.478 e. The monoisotopic (exact) mass is 425 g/mol. The number of carboxylic acid groups (broad SMARTS) is 1. The normalized spacial score (nSPS) is 10.3. The smallest absolute Gasteiger partial charge is 0.338 e. The van der Waals surface area contributed by atoms with E-state index in [1.165, 1.54) is 45.2 Å². The third-order valence-corrected chi connectivity index (χ3v) is 3.54. The van der Waals surface area contributed by atoms with Crippen molar-refractivity contribution in [3.05, 3.63) is 24.3 Å². The lowest BCUT2D eigenvalue weighted by Gasteiger charge is -2.08. The third kappa shape index (κ3) is 1.78. The first-order valence-electron chi connectivity index (χ1n) is 3.22. The van der Waals surface area contributed by atoms with Crippen LogP contribution < -0.4 is 5.73 Å². The highest BCUT2D eigenvalue weighted by Gasteiger charge is 2.24. The molecule has 0 aliphatic rings. The first-order valence-corrected chi connectivity index (χ1v) is 5.38. The van der Waals surface area contributed by atoms with E-state index in [0.29, 0.717) is 0 Å². The molecule has 0 spiro atoms. The molecule has 3 N–H and O–H groups in total. The molecule has 0 amide bonds. The summed E-state index contributed by atoms with van der Waals surface area (Å²) in [5.41, 5.74) is 4.06. The number of benzene rings is 1. The lowest BCUT2D eigenvalue weighted by molar-refractivity contribution is 0.0693. The van der Waals surface area contributed by atoms with Crippen LogP contribution in [0.3, 0.4) is 0 Å². The van der Waals surface area contributed by atoms with Gasteiger partial charge in [-0.1, -0.05) is 0 Å². The van der Waals surface area contributed by atoms with E-state index < -0.39 is 28.9 Å². The van der Waals surface area contributed by atoms with Crippen molar-refractivity contribution in [2.45, 2.75) is 0 Å². The molecule has 1 aromatic carbocycles. The zero-order chi connectivity index (χ0) is 11.0. The lowest BCUT2D eigenvalue weighted by Crippen LogP contribution is -2.11. The molecule has 3 nitrogen and oxygen atoms in total. The van der Waals surface area contributed by atoms with Crippen molar-refractivity contribution in [1.82, 2.24) is 0 Å². The summed E-state index contributed by atoms with van der Waals surface area (Å²) in [6.45, 7) is 0. The zero-order valence-electron chi connectivity index (χ0n) is 6.44. The van der Waals surface area contributed by atoms with Crippen LogP contribution in [-0.4, -0.2) is 11.1 Å². The van der Waals surface area contributed by atoms with Gasteiger partial charge in [0.25, 0.3) is 0 Å². The molecule has 0 aliphatic heterocycles. The molecular weight excluding hydrogens is 422 g/mol. The van der Waals surface area contributed by atoms with E-state index in [2.05, 4.69) is 0 Å². The Kier molecular flexibility index (Phi) is 3.50. The Balaban J connectivity index is 3.68. The van der Waals surface area contributed by atoms with Gasteiger partial charge in [-0.05, 0) is 45.2 Å². The quantitative estimate of drug-likeness (QED) is 0.413. The van der Waals surface area contributed by atoms with Crippen molar-refractivity contribution >= 4 is 56.8 Å². The summed E-state index contributed by atoms with van der Waals surface area (Å²) in [5.74, 6) is -3.43. The molecule has 0 saturated carbocycles. The number of nitrogen functional groups attached to an aromatic ring is 1. The highest BCUT2D eigenvalue weighted by Crippen LogP contribution is 2.30. The summed E-state index contributed by atoms with van der Waals surface area (Å²) in [5, 5.41) is 8.70. The van der Waals surface area contributed by atoms with E-state index in [9.17, 15) is 13.6 Å². The Morgan fingerprint density at radius 3 is 1.86 bits per heavy atom. The number of aromatic carboxylic acids is 1. The SMILES string of the molecule is Nc1c(F)c(I)c(C(=O)O)c(I)c1F. The topological polar surface area (TPSA) is 63.3 Å². The van der Waals surface area contributed by atoms with Gasteiger partial charge < -0.3 is 10.8 Å². The Morgan fingerprint density at radius 1 is 1.21 bits per heavy atom. The fourth-order valence-corrected chi connectivity index (χ4v) is 2.93. The molecule has 0 fully saturated rings. The van der Waals surface area contributed by atoms with Crippen LogP contribution in [-0.2, 0) is 0 Å². The van der Waals surface area contributed by atoms with Crippen LogP contribution in [0.4, 0.5) is 14.5 Å². The van der Waals surface area contributed by atoms with E-state index in [1.54, 1.807) is 0 Å². The number of halogens is 4. The van der Waals surface area contributed by atoms with Crippen LogP contribution >= 0.6 is 45.2 Å². The van der Waals surface area contributed by atoms with E-state index in [4.69, 9.17) is 10.8 Å². The minimum atomic E-state index is -1.38. The molecule has 0 saturated heterocycles. The number of hydrogen-bond donors (Lipinski definition) is 2. The maximum absolute atomic E-state index is 13.2. The first-order chi connectivity index (χ1) is 6.37. The molecule has 0 bridgehead atoms. The summed E-state index contributed by atoms with van der Waals surface area (Å²) >= 11 is 2.96. The van der Waals surface area contributed by atoms with Gasteiger partial charge in [0.1, 0.15) is 5.69 Å². The number of carbonyl (C=O) groups is 1. The molecule has 0 aromatic heterocycles. The highest BCUT2D eigenvalue weighted by molar-refractivity contribution is 14.1. The summed E-state index contributed by atoms with van der Waals surface area (Å²) in [4.78, 5) is 10.7. The van der Waals surface area contributed by atoms with Crippen molar-refractivity contribution in [1.29, 1.82) is 0 Å². The van der Waals surface area contributed by atoms with Gasteiger partial charge >= 0.3 is 5.97 Å². The maximum Gasteiger partial charge on any atom is 0.338 e. The van der Waals surface area contributed by atoms with E-state index in [-0.39, 0.29) is 7.14 Å². The van der Waals surface area contributed by atoms with Crippen molar-refractivity contribution in [2.24, 2.45) is 0 Å². The lowest BCUT2D eigenvalue weighted by atomic mass is 10.2. The number of carboxylic acids is 1. The first kappa shape index (κ1) is 11.9. The molecule has 76 valence electrons. The predicted molar refractivity (Wildman–Crippen MR) is 63.2 cm³/mol. The number of nitrogens with two attached hydrogens (primary N) is 1. The van der Waals surface area contributed by atoms with Gasteiger partial charge in [0, 0.05) is 0 Å². The van der Waals surface area contributed by atoms with E-state index >= 15 is 0 Å². The molecule has 0 aliphatic carbocycles. The molecule has 7 heteroatoms. The fourth-order valence-electron chi connectivity index (χ4n) is 0.836. The van der Waals surface area contributed by atoms with Crippen LogP contribution in [0.25, 0.3) is 0 Å². The van der Waals surface area contributed by atoms with E-state index in [0.717, 1.165) is 0 Å². The minimum absolute atomic E-state index is 0.182. The summed E-state index contributed by atoms with van der Waals surface area (Å²) in [7, 11) is 0. The number of anilines is 1. The average molecular weight is 425 g/mol. The van der Waals surface area contributed by atoms with Gasteiger partial charge in [0.2, 0.25) is 0 Å². The molecule has 1 aromatic rings. The molecule has 0 unspecified atom stereocenters. The van der Waals surface area contributed by atoms with Crippen LogP contribution in [0.15, 0.2) is 0 Å². The molecule has 0 atom stereocenters. The van der Waals surface area contributed by atoms with Crippen molar-refractivity contribution < 1.29 is 18.7 Å². The molecule has 0 radical (unpaired) electrons. The van der Waals surface area contributed by atoms with Crippen LogP contribution in [0.1, 0.15) is 10.4 Å². The van der Waals surface area contributed by atoms with Gasteiger partial charge in [-0.15, -0.1) is 0 Å². The Bertz CT molecular complexity index is 394. The number of rotatable bonds is 1. The number of hydrogen-bond acceptors (Lipinski definition) is 2. The second-order valence-electron chi connectivity index (χ2n) is 2.35. The fraction of sp³-hybridized carbons (Fsp3) is 0. The third-order valence-electron chi connectivity index (χ3n) is 1.51. The second-order valence-corrected chi connectivity index (χ2v) is 4.51. The second kappa shape index (κ2) is 4.13. The standard InChI is InChI=1S/C7H3F2I2NO2/c8-2-4(10)1(7(13)14)5(11)3(9)6(2)12/h12H2,(H,13,14). The van der Waals surface area contributed by atoms with Crippen molar-refractivity contribution in [3.8, 4) is 0 Å². The van der Waals surface area contributed by atoms with Crippen molar-refractivity contribution in [3.63, 3.8) is 0 Å². The summed E-state index contributed by atoms with van der Waals surface area (Å²) < 4.78 is 25.9.